The van der Waals surface area contributed by atoms with Crippen LogP contribution in [-0.4, -0.2) is 41.1 Å². The standard InChI is InChI=1S/C23H18BrCl3N2O5/c24-16-6-3-12(7-17(16)25)28-20(30)10-34-23(33)11-1-4-13(5-2-11)29-21(31)14-8-18(26)19(27)9-15(14)22(29)32/h1-7,14-15,18-19H,8-10H2,(H,28,30)/t14-,15-,18+,19+/m1/s1. The molecule has 4 rings (SSSR count). The second-order valence-corrected chi connectivity index (χ2v) is 10.4. The van der Waals surface area contributed by atoms with Gasteiger partial charge in [0.1, 0.15) is 0 Å². The van der Waals surface area contributed by atoms with Gasteiger partial charge in [-0.2, -0.15) is 0 Å². The van der Waals surface area contributed by atoms with Gasteiger partial charge in [-0.15, -0.1) is 23.2 Å². The molecule has 3 amide bonds. The van der Waals surface area contributed by atoms with Gasteiger partial charge in [0.15, 0.2) is 6.61 Å². The van der Waals surface area contributed by atoms with Crippen LogP contribution in [0.5, 0.6) is 0 Å². The molecule has 1 aliphatic carbocycles. The summed E-state index contributed by atoms with van der Waals surface area (Å²) in [5.74, 6) is -2.87. The van der Waals surface area contributed by atoms with Gasteiger partial charge < -0.3 is 10.1 Å². The number of hydrogen-bond acceptors (Lipinski definition) is 5. The molecule has 11 heteroatoms. The van der Waals surface area contributed by atoms with E-state index in [4.69, 9.17) is 39.5 Å². The predicted molar refractivity (Wildman–Crippen MR) is 132 cm³/mol. The monoisotopic (exact) mass is 586 g/mol. The lowest BCUT2D eigenvalue weighted by Gasteiger charge is -2.28. The van der Waals surface area contributed by atoms with Crippen LogP contribution in [0.25, 0.3) is 0 Å². The van der Waals surface area contributed by atoms with Crippen LogP contribution in [-0.2, 0) is 19.1 Å². The molecule has 1 saturated carbocycles. The third kappa shape index (κ3) is 5.10. The van der Waals surface area contributed by atoms with E-state index in [0.29, 0.717) is 33.7 Å². The van der Waals surface area contributed by atoms with E-state index in [2.05, 4.69) is 21.2 Å². The van der Waals surface area contributed by atoms with Crippen LogP contribution in [0.4, 0.5) is 11.4 Å². The SMILES string of the molecule is O=C(COC(=O)c1ccc(N2C(=O)[C@@H]3C[C@H](Cl)[C@@H](Cl)C[C@H]3C2=O)cc1)Nc1ccc(Br)c(Cl)c1. The molecule has 1 saturated heterocycles. The van der Waals surface area contributed by atoms with Gasteiger partial charge in [0.25, 0.3) is 5.91 Å². The molecule has 0 aromatic heterocycles. The highest BCUT2D eigenvalue weighted by atomic mass is 79.9. The molecule has 2 fully saturated rings. The van der Waals surface area contributed by atoms with Crippen LogP contribution in [0, 0.1) is 11.8 Å². The minimum absolute atomic E-state index is 0.168. The number of alkyl halides is 2. The van der Waals surface area contributed by atoms with Crippen molar-refractivity contribution in [1.82, 2.24) is 0 Å². The molecule has 178 valence electrons. The van der Waals surface area contributed by atoms with Crippen molar-refractivity contribution in [2.24, 2.45) is 11.8 Å². The van der Waals surface area contributed by atoms with Crippen molar-refractivity contribution in [2.45, 2.75) is 23.6 Å². The Balaban J connectivity index is 1.36. The average Bonchev–Trinajstić information content (AvgIpc) is 3.04. The van der Waals surface area contributed by atoms with Crippen molar-refractivity contribution in [3.63, 3.8) is 0 Å². The highest BCUT2D eigenvalue weighted by Crippen LogP contribution is 2.43. The van der Waals surface area contributed by atoms with Crippen LogP contribution in [0.15, 0.2) is 46.9 Å². The number of ether oxygens (including phenoxy) is 1. The second-order valence-electron chi connectivity index (χ2n) is 8.03. The van der Waals surface area contributed by atoms with E-state index in [-0.39, 0.29) is 28.1 Å². The molecule has 0 unspecified atom stereocenters. The van der Waals surface area contributed by atoms with Gasteiger partial charge in [-0.05, 0) is 71.2 Å². The minimum atomic E-state index is -0.724. The number of fused-ring (bicyclic) bond motifs is 1. The van der Waals surface area contributed by atoms with Crippen molar-refractivity contribution in [2.75, 3.05) is 16.8 Å². The number of hydrogen-bond donors (Lipinski definition) is 1. The number of carbonyl (C=O) groups is 4. The summed E-state index contributed by atoms with van der Waals surface area (Å²) in [6.07, 6.45) is 0.695. The highest BCUT2D eigenvalue weighted by molar-refractivity contribution is 9.10. The molecule has 1 aliphatic heterocycles. The zero-order valence-corrected chi connectivity index (χ0v) is 21.3. The number of imide groups is 1. The maximum atomic E-state index is 12.8. The molecule has 2 aromatic carbocycles. The van der Waals surface area contributed by atoms with E-state index < -0.39 is 30.3 Å². The lowest BCUT2D eigenvalue weighted by Crippen LogP contribution is -2.34. The smallest absolute Gasteiger partial charge is 0.338 e. The number of nitrogens with one attached hydrogen (secondary N) is 1. The van der Waals surface area contributed by atoms with Gasteiger partial charge in [0.05, 0.1) is 38.9 Å². The first-order valence-electron chi connectivity index (χ1n) is 10.3. The van der Waals surface area contributed by atoms with E-state index in [9.17, 15) is 19.2 Å². The summed E-state index contributed by atoms with van der Waals surface area (Å²) in [5, 5.41) is 2.27. The number of nitrogens with zero attached hydrogens (tertiary/aromatic N) is 1. The van der Waals surface area contributed by atoms with Crippen LogP contribution in [0.3, 0.4) is 0 Å². The topological polar surface area (TPSA) is 92.8 Å². The maximum absolute atomic E-state index is 12.8. The number of carbonyl (C=O) groups excluding carboxylic acids is 4. The second kappa shape index (κ2) is 10.2. The molecule has 2 aromatic rings. The summed E-state index contributed by atoms with van der Waals surface area (Å²) in [6, 6.07) is 10.7. The van der Waals surface area contributed by atoms with E-state index in [1.807, 2.05) is 0 Å². The van der Waals surface area contributed by atoms with Gasteiger partial charge in [-0.3, -0.25) is 19.3 Å². The fourth-order valence-corrected chi connectivity index (χ4v) is 5.10. The van der Waals surface area contributed by atoms with Crippen LogP contribution >= 0.6 is 50.7 Å². The number of esters is 1. The van der Waals surface area contributed by atoms with Gasteiger partial charge in [-0.25, -0.2) is 4.79 Å². The molecule has 0 bridgehead atoms. The van der Waals surface area contributed by atoms with Crippen LogP contribution in [0.2, 0.25) is 5.02 Å². The Bertz CT molecular complexity index is 1130. The number of benzene rings is 2. The molecular formula is C23H18BrCl3N2O5. The summed E-state index contributed by atoms with van der Waals surface area (Å²) >= 11 is 21.7. The Labute approximate surface area is 218 Å². The van der Waals surface area contributed by atoms with Crippen LogP contribution in [0.1, 0.15) is 23.2 Å². The maximum Gasteiger partial charge on any atom is 0.338 e. The molecule has 2 aliphatic rings. The van der Waals surface area contributed by atoms with Gasteiger partial charge in [-0.1, -0.05) is 11.6 Å². The summed E-state index contributed by atoms with van der Waals surface area (Å²) < 4.78 is 5.74. The lowest BCUT2D eigenvalue weighted by molar-refractivity contribution is -0.122. The zero-order valence-electron chi connectivity index (χ0n) is 17.5. The summed E-state index contributed by atoms with van der Waals surface area (Å²) in [5.41, 5.74) is 0.976. The summed E-state index contributed by atoms with van der Waals surface area (Å²) in [4.78, 5) is 51.2. The largest absolute Gasteiger partial charge is 0.452 e. The Morgan fingerprint density at radius 3 is 2.15 bits per heavy atom. The summed E-state index contributed by atoms with van der Waals surface area (Å²) in [7, 11) is 0. The molecule has 0 spiro atoms. The molecule has 7 nitrogen and oxygen atoms in total. The van der Waals surface area contributed by atoms with Gasteiger partial charge in [0, 0.05) is 10.2 Å². The third-order valence-corrected chi connectivity index (χ3v) is 8.14. The van der Waals surface area contributed by atoms with Crippen LogP contribution < -0.4 is 10.2 Å². The van der Waals surface area contributed by atoms with Gasteiger partial charge >= 0.3 is 5.97 Å². The number of halogens is 4. The fourth-order valence-electron chi connectivity index (χ4n) is 4.08. The highest BCUT2D eigenvalue weighted by Gasteiger charge is 2.52. The molecule has 1 heterocycles. The van der Waals surface area contributed by atoms with E-state index in [1.165, 1.54) is 24.3 Å². The van der Waals surface area contributed by atoms with E-state index >= 15 is 0 Å². The first-order chi connectivity index (χ1) is 16.2. The summed E-state index contributed by atoms with van der Waals surface area (Å²) in [6.45, 7) is -0.500. The van der Waals surface area contributed by atoms with Crippen molar-refractivity contribution < 1.29 is 23.9 Å². The quantitative estimate of drug-likeness (QED) is 0.301. The van der Waals surface area contributed by atoms with E-state index in [1.54, 1.807) is 18.2 Å². The normalized spacial score (nSPS) is 24.1. The molecule has 0 radical (unpaired) electrons. The van der Waals surface area contributed by atoms with Crippen molar-refractivity contribution in [3.8, 4) is 0 Å². The number of rotatable bonds is 5. The van der Waals surface area contributed by atoms with Gasteiger partial charge in [0.2, 0.25) is 11.8 Å². The third-order valence-electron chi connectivity index (χ3n) is 5.81. The zero-order chi connectivity index (χ0) is 24.6. The van der Waals surface area contributed by atoms with Crippen molar-refractivity contribution in [3.05, 3.63) is 57.5 Å². The molecular weight excluding hydrogens is 571 g/mol. The lowest BCUT2D eigenvalue weighted by atomic mass is 9.80. The molecule has 4 atom stereocenters. The number of anilines is 2. The Kier molecular flexibility index (Phi) is 7.52. The van der Waals surface area contributed by atoms with Crippen molar-refractivity contribution >= 4 is 85.8 Å². The minimum Gasteiger partial charge on any atom is -0.452 e. The molecule has 1 N–H and O–H groups in total. The Hall–Kier alpha value is -2.13. The van der Waals surface area contributed by atoms with Crippen molar-refractivity contribution in [1.29, 1.82) is 0 Å². The predicted octanol–water partition coefficient (Wildman–Crippen LogP) is 5.01. The Morgan fingerprint density at radius 2 is 1.59 bits per heavy atom. The Morgan fingerprint density at radius 1 is 1.00 bits per heavy atom. The number of amides is 3. The molecule has 34 heavy (non-hydrogen) atoms. The first-order valence-corrected chi connectivity index (χ1v) is 12.4. The first kappa shape index (κ1) is 25.0. The van der Waals surface area contributed by atoms with E-state index in [0.717, 1.165) is 4.90 Å². The average molecular weight is 589 g/mol. The fraction of sp³-hybridized carbons (Fsp3) is 0.304.